The van der Waals surface area contributed by atoms with E-state index in [0.717, 1.165) is 42.4 Å². The predicted octanol–water partition coefficient (Wildman–Crippen LogP) is 6.73. The number of pyridine rings is 1. The lowest BCUT2D eigenvalue weighted by Crippen LogP contribution is -2.42. The third-order valence-electron chi connectivity index (χ3n) is 12.7. The summed E-state index contributed by atoms with van der Waals surface area (Å²) in [6.45, 7) is 13.6. The maximum Gasteiger partial charge on any atom is 0.296 e. The third kappa shape index (κ3) is 11.9. The molecule has 0 spiro atoms. The topological polar surface area (TPSA) is 184 Å². The Bertz CT molecular complexity index is 2340. The number of rotatable bonds is 19. The van der Waals surface area contributed by atoms with Crippen LogP contribution < -0.4 is 14.8 Å². The summed E-state index contributed by atoms with van der Waals surface area (Å²) in [7, 11) is 1.99. The monoisotopic (exact) mass is 911 g/mol. The molecule has 0 saturated carbocycles. The van der Waals surface area contributed by atoms with Crippen molar-refractivity contribution in [2.75, 3.05) is 59.7 Å². The fraction of sp³-hybridized carbons (Fsp3) is 0.531. The van der Waals surface area contributed by atoms with E-state index < -0.39 is 29.3 Å². The third-order valence-corrected chi connectivity index (χ3v) is 13.0. The molecule has 15 nitrogen and oxygen atoms in total. The number of fused-ring (bicyclic) bond motifs is 2. The van der Waals surface area contributed by atoms with Crippen LogP contribution in [0.15, 0.2) is 66.2 Å². The van der Waals surface area contributed by atoms with E-state index in [1.807, 2.05) is 90.2 Å². The van der Waals surface area contributed by atoms with Crippen molar-refractivity contribution < 1.29 is 38.4 Å². The zero-order valence-electron chi connectivity index (χ0n) is 38.3. The molecule has 348 valence electrons. The van der Waals surface area contributed by atoms with Crippen molar-refractivity contribution in [1.82, 2.24) is 30.1 Å². The number of imidazole rings is 1. The number of nitrogens with zero attached hydrogens (tertiary/aromatic N) is 5. The predicted molar refractivity (Wildman–Crippen MR) is 247 cm³/mol. The molecule has 0 radical (unpaired) electrons. The molecular formula is C49H62ClN7O8. The molecule has 5 unspecified atom stereocenters. The summed E-state index contributed by atoms with van der Waals surface area (Å²) in [5, 5.41) is 23.3. The Morgan fingerprint density at radius 2 is 1.69 bits per heavy atom. The highest BCUT2D eigenvalue weighted by molar-refractivity contribution is 6.33. The lowest BCUT2D eigenvalue weighted by atomic mass is 9.88. The minimum Gasteiger partial charge on any atom is -0.492 e. The van der Waals surface area contributed by atoms with E-state index in [4.69, 9.17) is 40.3 Å². The molecule has 0 aliphatic carbocycles. The van der Waals surface area contributed by atoms with E-state index >= 15 is 0 Å². The average Bonchev–Trinajstić information content (AvgIpc) is 4.01. The highest BCUT2D eigenvalue weighted by Gasteiger charge is 2.48. The van der Waals surface area contributed by atoms with Gasteiger partial charge < -0.3 is 44.0 Å². The van der Waals surface area contributed by atoms with Crippen LogP contribution in [0.5, 0.6) is 11.8 Å². The van der Waals surface area contributed by atoms with Gasteiger partial charge in [0.05, 0.1) is 42.1 Å². The van der Waals surface area contributed by atoms with E-state index in [9.17, 15) is 20.0 Å². The van der Waals surface area contributed by atoms with Crippen molar-refractivity contribution in [1.29, 1.82) is 5.26 Å². The van der Waals surface area contributed by atoms with E-state index in [2.05, 4.69) is 26.3 Å². The maximum atomic E-state index is 13.1. The molecule has 3 aliphatic rings. The molecule has 65 heavy (non-hydrogen) atoms. The van der Waals surface area contributed by atoms with Crippen molar-refractivity contribution in [3.05, 3.63) is 71.3 Å². The van der Waals surface area contributed by atoms with Gasteiger partial charge in [-0.05, 0) is 95.3 Å². The molecule has 3 fully saturated rings. The highest BCUT2D eigenvalue weighted by atomic mass is 35.5. The largest absolute Gasteiger partial charge is 0.492 e. The summed E-state index contributed by atoms with van der Waals surface area (Å²) in [4.78, 5) is 42.4. The first-order valence-electron chi connectivity index (χ1n) is 22.6. The summed E-state index contributed by atoms with van der Waals surface area (Å²) >= 11 is 6.69. The summed E-state index contributed by atoms with van der Waals surface area (Å²) in [6, 6.07) is 20.0. The standard InChI is InChI=1S/C49H62ClN7O8/c1-31(18-23-56(6)49(4,5)27-35(28-51)45(59)57-21-8-7-9-22-57)61-24-19-48(2,3)46(60)52-20-25-62-36-16-14-33(15-17-36)32-10-12-34(13-11-32)41-37(50)26-38-44(54-41)55-47(53-38)65-40-30-64-42-39(58)29-63-43(40)42/h10-17,26-27,31,39-40,42-43,58H,7-9,18-25,29-30H2,1-6H3,(H,52,60)(H,53,54,55)/b35-27+. The van der Waals surface area contributed by atoms with Crippen LogP contribution in [-0.2, 0) is 23.8 Å². The number of likely N-dealkylation sites (N-methyl/N-ethyl adjacent to an activating group) is 1. The Morgan fingerprint density at radius 1 is 1.02 bits per heavy atom. The summed E-state index contributed by atoms with van der Waals surface area (Å²) in [6.07, 6.45) is 4.32. The quantitative estimate of drug-likeness (QED) is 0.0513. The molecular weight excluding hydrogens is 850 g/mol. The van der Waals surface area contributed by atoms with Crippen molar-refractivity contribution in [3.8, 4) is 40.2 Å². The van der Waals surface area contributed by atoms with Gasteiger partial charge in [0, 0.05) is 42.8 Å². The van der Waals surface area contributed by atoms with E-state index in [1.165, 1.54) is 0 Å². The van der Waals surface area contributed by atoms with Gasteiger partial charge in [0.2, 0.25) is 5.91 Å². The number of halogens is 1. The van der Waals surface area contributed by atoms with Crippen LogP contribution in [0.2, 0.25) is 5.02 Å². The van der Waals surface area contributed by atoms with Crippen molar-refractivity contribution in [2.45, 2.75) is 103 Å². The Morgan fingerprint density at radius 3 is 2.40 bits per heavy atom. The van der Waals surface area contributed by atoms with Gasteiger partial charge >= 0.3 is 0 Å². The van der Waals surface area contributed by atoms with Crippen molar-refractivity contribution in [3.63, 3.8) is 0 Å². The number of ether oxygens (including phenoxy) is 5. The van der Waals surface area contributed by atoms with Crippen molar-refractivity contribution >= 4 is 34.6 Å². The van der Waals surface area contributed by atoms with Gasteiger partial charge in [-0.3, -0.25) is 14.5 Å². The van der Waals surface area contributed by atoms with Gasteiger partial charge in [0.15, 0.2) is 11.8 Å². The molecule has 3 saturated heterocycles. The van der Waals surface area contributed by atoms with Gasteiger partial charge in [-0.2, -0.15) is 10.2 Å². The number of piperidine rings is 1. The van der Waals surface area contributed by atoms with Crippen LogP contribution in [-0.4, -0.2) is 137 Å². The molecule has 7 rings (SSSR count). The van der Waals surface area contributed by atoms with Gasteiger partial charge in [-0.15, -0.1) is 0 Å². The lowest BCUT2D eigenvalue weighted by molar-refractivity contribution is -0.130. The minimum absolute atomic E-state index is 0.0378. The Balaban J connectivity index is 0.809. The van der Waals surface area contributed by atoms with Crippen LogP contribution in [0, 0.1) is 16.7 Å². The number of aliphatic hydroxyl groups is 1. The van der Waals surface area contributed by atoms with Gasteiger partial charge in [-0.25, -0.2) is 4.98 Å². The number of aromatic amines is 1. The number of amides is 2. The molecule has 5 heterocycles. The van der Waals surface area contributed by atoms with E-state index in [0.29, 0.717) is 80.1 Å². The minimum atomic E-state index is -0.663. The molecule has 16 heteroatoms. The number of hydrogen-bond acceptors (Lipinski definition) is 12. The zero-order valence-corrected chi connectivity index (χ0v) is 39.0. The van der Waals surface area contributed by atoms with Gasteiger partial charge in [0.25, 0.3) is 11.9 Å². The van der Waals surface area contributed by atoms with Gasteiger partial charge in [-0.1, -0.05) is 61.8 Å². The molecule has 0 bridgehead atoms. The normalized spacial score (nSPS) is 20.7. The zero-order chi connectivity index (χ0) is 46.3. The molecule has 2 aromatic carbocycles. The average molecular weight is 913 g/mol. The van der Waals surface area contributed by atoms with Crippen molar-refractivity contribution in [2.24, 2.45) is 5.41 Å². The van der Waals surface area contributed by atoms with E-state index in [-0.39, 0.29) is 42.2 Å². The molecule has 5 atom stereocenters. The van der Waals surface area contributed by atoms with Crippen LogP contribution in [0.1, 0.15) is 66.7 Å². The first-order chi connectivity index (χ1) is 31.1. The smallest absolute Gasteiger partial charge is 0.296 e. The number of benzene rings is 2. The molecule has 3 N–H and O–H groups in total. The molecule has 2 amide bonds. The highest BCUT2D eigenvalue weighted by Crippen LogP contribution is 2.34. The Kier molecular flexibility index (Phi) is 15.5. The Hall–Kier alpha value is -5.08. The number of H-pyrrole nitrogens is 1. The second kappa shape index (κ2) is 21.0. The fourth-order valence-corrected chi connectivity index (χ4v) is 8.49. The summed E-state index contributed by atoms with van der Waals surface area (Å²) in [5.41, 5.74) is 3.61. The van der Waals surface area contributed by atoms with E-state index in [1.54, 1.807) is 17.0 Å². The Labute approximate surface area is 386 Å². The van der Waals surface area contributed by atoms with Crippen LogP contribution >= 0.6 is 11.6 Å². The number of carbonyl (C=O) groups is 2. The number of aliphatic hydroxyl groups excluding tert-OH is 1. The van der Waals surface area contributed by atoms with Crippen LogP contribution in [0.25, 0.3) is 33.5 Å². The molecule has 4 aromatic rings. The number of nitrogens with one attached hydrogen (secondary N) is 2. The fourth-order valence-electron chi connectivity index (χ4n) is 8.23. The first-order valence-corrected chi connectivity index (χ1v) is 23.0. The number of likely N-dealkylation sites (tertiary alicyclic amines) is 1. The first kappa shape index (κ1) is 47.9. The van der Waals surface area contributed by atoms with Gasteiger partial charge in [0.1, 0.15) is 42.3 Å². The lowest BCUT2D eigenvalue weighted by Gasteiger charge is -2.34. The summed E-state index contributed by atoms with van der Waals surface area (Å²) in [5.74, 6) is 0.455. The molecule has 2 aromatic heterocycles. The molecule has 3 aliphatic heterocycles. The number of hydrogen-bond donors (Lipinski definition) is 3. The second-order valence-electron chi connectivity index (χ2n) is 18.5. The van der Waals surface area contributed by atoms with Crippen LogP contribution in [0.3, 0.4) is 0 Å². The number of aromatic nitrogens is 3. The number of nitriles is 1. The second-order valence-corrected chi connectivity index (χ2v) is 18.9. The SMILES string of the molecule is CC(CCN(C)C(C)(C)/C=C(\C#N)C(=O)N1CCCCC1)OCCC(C)(C)C(=O)NCCOc1ccc(-c2ccc(-c3nc4nc(OC5COC6C(O)COC56)[nH]c4cc3Cl)cc2)cc1. The number of carbonyl (C=O) groups excluding carboxylic acids is 2. The summed E-state index contributed by atoms with van der Waals surface area (Å²) < 4.78 is 29.4. The maximum absolute atomic E-state index is 13.1. The van der Waals surface area contributed by atoms with Crippen LogP contribution in [0.4, 0.5) is 0 Å².